The second kappa shape index (κ2) is 5.29. The first kappa shape index (κ1) is 10.7. The van der Waals surface area contributed by atoms with Crippen molar-refractivity contribution < 1.29 is 4.42 Å². The summed E-state index contributed by atoms with van der Waals surface area (Å²) in [5.74, 6) is 2.92. The standard InChI is InChI=1S/C12H11ClOS/c13-11-5-3-10(4-6-11)8-15-9-12-2-1-7-14-12/h1-7H,8-9H2. The van der Waals surface area contributed by atoms with Crippen molar-refractivity contribution in [3.8, 4) is 0 Å². The molecule has 0 bridgehead atoms. The Balaban J connectivity index is 1.81. The summed E-state index contributed by atoms with van der Waals surface area (Å²) in [4.78, 5) is 0. The van der Waals surface area contributed by atoms with Gasteiger partial charge >= 0.3 is 0 Å². The zero-order chi connectivity index (χ0) is 10.5. The van der Waals surface area contributed by atoms with Crippen molar-refractivity contribution >= 4 is 23.4 Å². The van der Waals surface area contributed by atoms with E-state index in [0.717, 1.165) is 22.3 Å². The molecule has 1 nitrogen and oxygen atoms in total. The minimum Gasteiger partial charge on any atom is -0.468 e. The number of rotatable bonds is 4. The maximum atomic E-state index is 5.81. The molecule has 0 aliphatic rings. The molecule has 0 amide bonds. The van der Waals surface area contributed by atoms with Crippen LogP contribution in [0.1, 0.15) is 11.3 Å². The van der Waals surface area contributed by atoms with Crippen molar-refractivity contribution in [2.24, 2.45) is 0 Å². The maximum absolute atomic E-state index is 5.81. The lowest BCUT2D eigenvalue weighted by Gasteiger charge is -2.00. The highest BCUT2D eigenvalue weighted by molar-refractivity contribution is 7.97. The van der Waals surface area contributed by atoms with E-state index in [4.69, 9.17) is 16.0 Å². The zero-order valence-corrected chi connectivity index (χ0v) is 9.72. The van der Waals surface area contributed by atoms with Crippen LogP contribution in [0.5, 0.6) is 0 Å². The molecule has 1 aromatic heterocycles. The van der Waals surface area contributed by atoms with Gasteiger partial charge in [-0.2, -0.15) is 0 Å². The van der Waals surface area contributed by atoms with Crippen LogP contribution in [-0.4, -0.2) is 0 Å². The van der Waals surface area contributed by atoms with Crippen LogP contribution in [0.25, 0.3) is 0 Å². The summed E-state index contributed by atoms with van der Waals surface area (Å²) < 4.78 is 5.25. The predicted octanol–water partition coefficient (Wildman–Crippen LogP) is 4.37. The molecule has 0 unspecified atom stereocenters. The third-order valence-corrected chi connectivity index (χ3v) is 3.28. The fourth-order valence-electron chi connectivity index (χ4n) is 1.24. The summed E-state index contributed by atoms with van der Waals surface area (Å²) in [5.41, 5.74) is 1.29. The van der Waals surface area contributed by atoms with Gasteiger partial charge in [-0.1, -0.05) is 23.7 Å². The molecule has 15 heavy (non-hydrogen) atoms. The zero-order valence-electron chi connectivity index (χ0n) is 8.15. The minimum atomic E-state index is 0.787. The highest BCUT2D eigenvalue weighted by atomic mass is 35.5. The maximum Gasteiger partial charge on any atom is 0.113 e. The molecule has 0 spiro atoms. The van der Waals surface area contributed by atoms with E-state index in [9.17, 15) is 0 Å². The van der Waals surface area contributed by atoms with E-state index in [1.54, 1.807) is 6.26 Å². The molecule has 0 radical (unpaired) electrons. The summed E-state index contributed by atoms with van der Waals surface area (Å²) >= 11 is 7.64. The average molecular weight is 239 g/mol. The highest BCUT2D eigenvalue weighted by Gasteiger charge is 1.97. The number of thioether (sulfide) groups is 1. The number of hydrogen-bond donors (Lipinski definition) is 0. The van der Waals surface area contributed by atoms with Crippen LogP contribution in [0.3, 0.4) is 0 Å². The molecule has 0 aliphatic carbocycles. The summed E-state index contributed by atoms with van der Waals surface area (Å²) in [7, 11) is 0. The molecule has 3 heteroatoms. The fourth-order valence-corrected chi connectivity index (χ4v) is 2.27. The number of furan rings is 1. The van der Waals surface area contributed by atoms with Crippen LogP contribution in [0.4, 0.5) is 0 Å². The largest absolute Gasteiger partial charge is 0.468 e. The van der Waals surface area contributed by atoms with Gasteiger partial charge in [-0.3, -0.25) is 0 Å². The first-order valence-corrected chi connectivity index (χ1v) is 6.22. The lowest BCUT2D eigenvalue weighted by Crippen LogP contribution is -1.81. The van der Waals surface area contributed by atoms with Gasteiger partial charge in [-0.25, -0.2) is 0 Å². The molecule has 0 atom stereocenters. The third-order valence-electron chi connectivity index (χ3n) is 2.01. The topological polar surface area (TPSA) is 13.1 Å². The molecule has 0 saturated heterocycles. The molecule has 0 fully saturated rings. The van der Waals surface area contributed by atoms with E-state index in [1.807, 2.05) is 36.0 Å². The smallest absolute Gasteiger partial charge is 0.113 e. The molecule has 0 saturated carbocycles. The van der Waals surface area contributed by atoms with Crippen molar-refractivity contribution in [3.05, 3.63) is 59.0 Å². The van der Waals surface area contributed by atoms with Crippen LogP contribution in [0.2, 0.25) is 5.02 Å². The van der Waals surface area contributed by atoms with Crippen molar-refractivity contribution in [2.75, 3.05) is 0 Å². The summed E-state index contributed by atoms with van der Waals surface area (Å²) in [6.07, 6.45) is 1.71. The monoisotopic (exact) mass is 238 g/mol. The van der Waals surface area contributed by atoms with E-state index in [1.165, 1.54) is 5.56 Å². The average Bonchev–Trinajstić information content (AvgIpc) is 2.74. The number of hydrogen-bond acceptors (Lipinski definition) is 2. The van der Waals surface area contributed by atoms with Crippen molar-refractivity contribution in [3.63, 3.8) is 0 Å². The second-order valence-corrected chi connectivity index (χ2v) is 4.62. The van der Waals surface area contributed by atoms with Gasteiger partial charge in [0.25, 0.3) is 0 Å². The minimum absolute atomic E-state index is 0.787. The van der Waals surface area contributed by atoms with Gasteiger partial charge in [0.05, 0.1) is 12.0 Å². The van der Waals surface area contributed by atoms with E-state index in [-0.39, 0.29) is 0 Å². The Morgan fingerprint density at radius 1 is 1.07 bits per heavy atom. The van der Waals surface area contributed by atoms with Crippen molar-refractivity contribution in [1.29, 1.82) is 0 Å². The SMILES string of the molecule is Clc1ccc(CSCc2ccco2)cc1. The highest BCUT2D eigenvalue weighted by Crippen LogP contribution is 2.19. The van der Waals surface area contributed by atoms with Gasteiger partial charge in [0.1, 0.15) is 5.76 Å². The third kappa shape index (κ3) is 3.33. The van der Waals surface area contributed by atoms with Gasteiger partial charge in [0.15, 0.2) is 0 Å². The summed E-state index contributed by atoms with van der Waals surface area (Å²) in [6.45, 7) is 0. The predicted molar refractivity (Wildman–Crippen MR) is 65.2 cm³/mol. The normalized spacial score (nSPS) is 10.5. The van der Waals surface area contributed by atoms with Gasteiger partial charge in [-0.05, 0) is 29.8 Å². The van der Waals surface area contributed by atoms with Crippen molar-refractivity contribution in [2.45, 2.75) is 11.5 Å². The lowest BCUT2D eigenvalue weighted by atomic mass is 10.2. The molecule has 0 aliphatic heterocycles. The summed E-state index contributed by atoms with van der Waals surface area (Å²) in [6, 6.07) is 11.9. The number of halogens is 1. The van der Waals surface area contributed by atoms with E-state index >= 15 is 0 Å². The van der Waals surface area contributed by atoms with Gasteiger partial charge in [0.2, 0.25) is 0 Å². The van der Waals surface area contributed by atoms with Crippen molar-refractivity contribution in [1.82, 2.24) is 0 Å². The van der Waals surface area contributed by atoms with Crippen LogP contribution in [0.15, 0.2) is 47.1 Å². The first-order chi connectivity index (χ1) is 7.34. The van der Waals surface area contributed by atoms with Crippen LogP contribution in [0, 0.1) is 0 Å². The fraction of sp³-hybridized carbons (Fsp3) is 0.167. The Kier molecular flexibility index (Phi) is 3.75. The van der Waals surface area contributed by atoms with Gasteiger partial charge < -0.3 is 4.42 Å². The van der Waals surface area contributed by atoms with Crippen LogP contribution >= 0.6 is 23.4 Å². The molecule has 78 valence electrons. The number of benzene rings is 1. The molecular formula is C12H11ClOS. The molecule has 1 heterocycles. The quantitative estimate of drug-likeness (QED) is 0.785. The molecule has 1 aromatic carbocycles. The Bertz CT molecular complexity index is 394. The Morgan fingerprint density at radius 2 is 1.87 bits per heavy atom. The van der Waals surface area contributed by atoms with Gasteiger partial charge in [-0.15, -0.1) is 11.8 Å². The first-order valence-electron chi connectivity index (χ1n) is 4.69. The van der Waals surface area contributed by atoms with Crippen LogP contribution in [-0.2, 0) is 11.5 Å². The molecule has 0 N–H and O–H groups in total. The van der Waals surface area contributed by atoms with E-state index in [2.05, 4.69) is 12.1 Å². The molecule has 2 rings (SSSR count). The van der Waals surface area contributed by atoms with E-state index in [0.29, 0.717) is 0 Å². The van der Waals surface area contributed by atoms with E-state index < -0.39 is 0 Å². The molecule has 2 aromatic rings. The van der Waals surface area contributed by atoms with Crippen LogP contribution < -0.4 is 0 Å². The Labute approximate surface area is 98.4 Å². The molecular weight excluding hydrogens is 228 g/mol. The lowest BCUT2D eigenvalue weighted by molar-refractivity contribution is 0.530. The Hall–Kier alpha value is -0.860. The Morgan fingerprint density at radius 3 is 2.53 bits per heavy atom. The second-order valence-electron chi connectivity index (χ2n) is 3.20. The van der Waals surface area contributed by atoms with Gasteiger partial charge in [0, 0.05) is 10.8 Å². The summed E-state index contributed by atoms with van der Waals surface area (Å²) in [5, 5.41) is 0.787.